The number of nitrogens with zero attached hydrogens (tertiary/aromatic N) is 2. The molecule has 92 valence electrons. The van der Waals surface area contributed by atoms with Gasteiger partial charge in [-0.1, -0.05) is 11.6 Å². The Kier molecular flexibility index (Phi) is 3.89. The van der Waals surface area contributed by atoms with Crippen molar-refractivity contribution in [2.45, 2.75) is 6.92 Å². The highest BCUT2D eigenvalue weighted by atomic mass is 35.5. The zero-order valence-corrected chi connectivity index (χ0v) is 10.5. The van der Waals surface area contributed by atoms with E-state index in [4.69, 9.17) is 16.3 Å². The first-order chi connectivity index (χ1) is 8.72. The number of carbonyl (C=O) groups is 1. The van der Waals surface area contributed by atoms with Crippen LogP contribution in [0.25, 0.3) is 11.3 Å². The average molecular weight is 263 g/mol. The predicted octanol–water partition coefficient (Wildman–Crippen LogP) is 2.97. The Balaban J connectivity index is 2.51. The second-order valence-electron chi connectivity index (χ2n) is 3.51. The van der Waals surface area contributed by atoms with E-state index < -0.39 is 5.97 Å². The Morgan fingerprint density at radius 1 is 1.39 bits per heavy atom. The molecule has 2 heterocycles. The molecular formula is C13H11ClN2O2. The van der Waals surface area contributed by atoms with E-state index in [1.165, 1.54) is 6.20 Å². The maximum atomic E-state index is 11.9. The van der Waals surface area contributed by atoms with Crippen molar-refractivity contribution in [3.8, 4) is 11.3 Å². The summed E-state index contributed by atoms with van der Waals surface area (Å²) >= 11 is 5.87. The normalized spacial score (nSPS) is 10.1. The molecule has 5 heteroatoms. The summed E-state index contributed by atoms with van der Waals surface area (Å²) in [4.78, 5) is 20.0. The number of hydrogen-bond donors (Lipinski definition) is 0. The zero-order chi connectivity index (χ0) is 13.0. The van der Waals surface area contributed by atoms with Gasteiger partial charge in [-0.25, -0.2) is 4.79 Å². The molecule has 2 aromatic heterocycles. The first-order valence-electron chi connectivity index (χ1n) is 5.45. The quantitative estimate of drug-likeness (QED) is 0.798. The van der Waals surface area contributed by atoms with Crippen LogP contribution in [0.1, 0.15) is 17.3 Å². The number of ether oxygens (including phenoxy) is 1. The number of rotatable bonds is 3. The summed E-state index contributed by atoms with van der Waals surface area (Å²) in [6, 6.07) is 5.11. The third kappa shape index (κ3) is 2.65. The minimum Gasteiger partial charge on any atom is -0.462 e. The van der Waals surface area contributed by atoms with Gasteiger partial charge >= 0.3 is 5.97 Å². The van der Waals surface area contributed by atoms with Crippen LogP contribution in [0.4, 0.5) is 0 Å². The number of pyridine rings is 2. The van der Waals surface area contributed by atoms with Crippen molar-refractivity contribution in [3.05, 3.63) is 47.4 Å². The number of halogens is 1. The van der Waals surface area contributed by atoms with Crippen molar-refractivity contribution in [2.75, 3.05) is 6.61 Å². The van der Waals surface area contributed by atoms with E-state index in [0.717, 1.165) is 5.56 Å². The van der Waals surface area contributed by atoms with Crippen molar-refractivity contribution in [1.82, 2.24) is 9.97 Å². The second-order valence-corrected chi connectivity index (χ2v) is 3.94. The third-order valence-corrected chi connectivity index (χ3v) is 2.51. The highest BCUT2D eigenvalue weighted by molar-refractivity contribution is 6.30. The molecular weight excluding hydrogens is 252 g/mol. The minimum absolute atomic E-state index is 0.307. The van der Waals surface area contributed by atoms with Crippen LogP contribution in [-0.4, -0.2) is 22.5 Å². The molecule has 0 radical (unpaired) electrons. The van der Waals surface area contributed by atoms with Crippen molar-refractivity contribution < 1.29 is 9.53 Å². The van der Waals surface area contributed by atoms with Gasteiger partial charge in [-0.15, -0.1) is 0 Å². The van der Waals surface area contributed by atoms with E-state index in [0.29, 0.717) is 22.9 Å². The molecule has 0 N–H and O–H groups in total. The van der Waals surface area contributed by atoms with E-state index in [9.17, 15) is 4.79 Å². The molecule has 4 nitrogen and oxygen atoms in total. The van der Waals surface area contributed by atoms with E-state index in [1.807, 2.05) is 0 Å². The minimum atomic E-state index is -0.431. The molecule has 0 aliphatic rings. The fraction of sp³-hybridized carbons (Fsp3) is 0.154. The SMILES string of the molecule is CCOC(=O)c1cc(Cl)cnc1-c1ccncc1. The lowest BCUT2D eigenvalue weighted by atomic mass is 10.1. The van der Waals surface area contributed by atoms with Crippen LogP contribution in [0, 0.1) is 0 Å². The highest BCUT2D eigenvalue weighted by Gasteiger charge is 2.15. The number of carbonyl (C=O) groups excluding carboxylic acids is 1. The van der Waals surface area contributed by atoms with Crippen LogP contribution in [0.5, 0.6) is 0 Å². The van der Waals surface area contributed by atoms with Crippen LogP contribution in [0.3, 0.4) is 0 Å². The molecule has 18 heavy (non-hydrogen) atoms. The first-order valence-corrected chi connectivity index (χ1v) is 5.83. The van der Waals surface area contributed by atoms with Gasteiger partial charge in [0, 0.05) is 24.2 Å². The van der Waals surface area contributed by atoms with Gasteiger partial charge in [-0.2, -0.15) is 0 Å². The van der Waals surface area contributed by atoms with Gasteiger partial charge in [0.2, 0.25) is 0 Å². The van der Waals surface area contributed by atoms with Gasteiger partial charge in [0.25, 0.3) is 0 Å². The molecule has 0 saturated heterocycles. The highest BCUT2D eigenvalue weighted by Crippen LogP contribution is 2.24. The lowest BCUT2D eigenvalue weighted by molar-refractivity contribution is 0.0527. The van der Waals surface area contributed by atoms with Gasteiger partial charge in [-0.3, -0.25) is 9.97 Å². The number of hydrogen-bond acceptors (Lipinski definition) is 4. The van der Waals surface area contributed by atoms with Crippen LogP contribution in [-0.2, 0) is 4.74 Å². The number of esters is 1. The van der Waals surface area contributed by atoms with Gasteiger partial charge in [-0.05, 0) is 25.1 Å². The van der Waals surface area contributed by atoms with Crippen LogP contribution >= 0.6 is 11.6 Å². The van der Waals surface area contributed by atoms with Gasteiger partial charge < -0.3 is 4.74 Å². The third-order valence-electron chi connectivity index (χ3n) is 2.30. The molecule has 0 aliphatic carbocycles. The zero-order valence-electron chi connectivity index (χ0n) is 9.76. The molecule has 0 amide bonds. The van der Waals surface area contributed by atoms with Gasteiger partial charge in [0.1, 0.15) is 0 Å². The van der Waals surface area contributed by atoms with E-state index in [1.54, 1.807) is 37.5 Å². The largest absolute Gasteiger partial charge is 0.462 e. The smallest absolute Gasteiger partial charge is 0.340 e. The van der Waals surface area contributed by atoms with Crippen molar-refractivity contribution in [1.29, 1.82) is 0 Å². The summed E-state index contributed by atoms with van der Waals surface area (Å²) in [5, 5.41) is 0.399. The maximum absolute atomic E-state index is 11.9. The van der Waals surface area contributed by atoms with Crippen LogP contribution < -0.4 is 0 Å². The van der Waals surface area contributed by atoms with E-state index >= 15 is 0 Å². The van der Waals surface area contributed by atoms with Crippen LogP contribution in [0.15, 0.2) is 36.8 Å². The number of aromatic nitrogens is 2. The second kappa shape index (κ2) is 5.60. The summed E-state index contributed by atoms with van der Waals surface area (Å²) in [6.07, 6.45) is 4.78. The maximum Gasteiger partial charge on any atom is 0.340 e. The molecule has 2 aromatic rings. The Bertz CT molecular complexity index is 558. The summed E-state index contributed by atoms with van der Waals surface area (Å²) in [6.45, 7) is 2.06. The predicted molar refractivity (Wildman–Crippen MR) is 68.4 cm³/mol. The molecule has 0 aromatic carbocycles. The van der Waals surface area contributed by atoms with Crippen molar-refractivity contribution in [2.24, 2.45) is 0 Å². The van der Waals surface area contributed by atoms with E-state index in [-0.39, 0.29) is 0 Å². The summed E-state index contributed by atoms with van der Waals surface area (Å²) < 4.78 is 4.99. The Morgan fingerprint density at radius 2 is 2.11 bits per heavy atom. The Labute approximate surface area is 110 Å². The average Bonchev–Trinajstić information content (AvgIpc) is 2.40. The summed E-state index contributed by atoms with van der Waals surface area (Å²) in [5.74, 6) is -0.431. The Hall–Kier alpha value is -1.94. The first kappa shape index (κ1) is 12.5. The Morgan fingerprint density at radius 3 is 2.78 bits per heavy atom. The van der Waals surface area contributed by atoms with Crippen molar-refractivity contribution >= 4 is 17.6 Å². The molecule has 2 rings (SSSR count). The molecule has 0 spiro atoms. The van der Waals surface area contributed by atoms with Crippen molar-refractivity contribution in [3.63, 3.8) is 0 Å². The van der Waals surface area contributed by atoms with Crippen LogP contribution in [0.2, 0.25) is 5.02 Å². The molecule has 0 unspecified atom stereocenters. The summed E-state index contributed by atoms with van der Waals surface area (Å²) in [5.41, 5.74) is 1.69. The molecule has 0 aliphatic heterocycles. The lowest BCUT2D eigenvalue weighted by Gasteiger charge is -2.08. The monoisotopic (exact) mass is 262 g/mol. The van der Waals surface area contributed by atoms with Gasteiger partial charge in [0.15, 0.2) is 0 Å². The van der Waals surface area contributed by atoms with Gasteiger partial charge in [0.05, 0.1) is 22.9 Å². The fourth-order valence-corrected chi connectivity index (χ4v) is 1.70. The molecule has 0 fully saturated rings. The van der Waals surface area contributed by atoms with E-state index in [2.05, 4.69) is 9.97 Å². The molecule has 0 bridgehead atoms. The summed E-state index contributed by atoms with van der Waals surface area (Å²) in [7, 11) is 0. The molecule has 0 atom stereocenters. The standard InChI is InChI=1S/C13H11ClN2O2/c1-2-18-13(17)11-7-10(14)8-16-12(11)9-3-5-15-6-4-9/h3-8H,2H2,1H3. The lowest BCUT2D eigenvalue weighted by Crippen LogP contribution is -2.07. The molecule has 0 saturated carbocycles. The fourth-order valence-electron chi connectivity index (χ4n) is 1.54. The topological polar surface area (TPSA) is 52.1 Å².